The SMILES string of the molecule is N#CC1CN(c2nccc(I)c2Cl)C1. The second-order valence-electron chi connectivity index (χ2n) is 3.16. The molecule has 0 aliphatic carbocycles. The molecule has 0 aromatic carbocycles. The minimum atomic E-state index is 0.130. The highest BCUT2D eigenvalue weighted by atomic mass is 127. The number of hydrogen-bond acceptors (Lipinski definition) is 3. The summed E-state index contributed by atoms with van der Waals surface area (Å²) in [6, 6.07) is 4.09. The van der Waals surface area contributed by atoms with Crippen LogP contribution in [0.15, 0.2) is 12.3 Å². The fraction of sp³-hybridized carbons (Fsp3) is 0.333. The predicted octanol–water partition coefficient (Wildman–Crippen LogP) is 2.30. The normalized spacial score (nSPS) is 16.2. The van der Waals surface area contributed by atoms with E-state index in [2.05, 4.69) is 33.6 Å². The molecule has 0 atom stereocenters. The quantitative estimate of drug-likeness (QED) is 0.746. The van der Waals surface area contributed by atoms with E-state index in [1.807, 2.05) is 11.0 Å². The maximum atomic E-state index is 8.64. The molecule has 14 heavy (non-hydrogen) atoms. The Morgan fingerprint density at radius 1 is 1.64 bits per heavy atom. The summed E-state index contributed by atoms with van der Waals surface area (Å²) in [5.41, 5.74) is 0. The van der Waals surface area contributed by atoms with Gasteiger partial charge in [-0.3, -0.25) is 0 Å². The van der Waals surface area contributed by atoms with Crippen LogP contribution in [-0.4, -0.2) is 18.1 Å². The van der Waals surface area contributed by atoms with Gasteiger partial charge in [0.05, 0.1) is 17.0 Å². The molecule has 0 N–H and O–H groups in total. The van der Waals surface area contributed by atoms with Crippen molar-refractivity contribution in [1.29, 1.82) is 5.26 Å². The van der Waals surface area contributed by atoms with Gasteiger partial charge in [0.2, 0.25) is 0 Å². The molecule has 0 radical (unpaired) electrons. The summed E-state index contributed by atoms with van der Waals surface area (Å²) < 4.78 is 0.995. The molecule has 1 aromatic rings. The number of nitriles is 1. The molecule has 0 spiro atoms. The predicted molar refractivity (Wildman–Crippen MR) is 63.3 cm³/mol. The highest BCUT2D eigenvalue weighted by molar-refractivity contribution is 14.1. The molecule has 0 saturated carbocycles. The number of aromatic nitrogens is 1. The van der Waals surface area contributed by atoms with Gasteiger partial charge < -0.3 is 4.90 Å². The van der Waals surface area contributed by atoms with E-state index in [4.69, 9.17) is 16.9 Å². The van der Waals surface area contributed by atoms with Gasteiger partial charge in [-0.2, -0.15) is 5.26 Å². The minimum Gasteiger partial charge on any atom is -0.353 e. The van der Waals surface area contributed by atoms with Crippen molar-refractivity contribution < 1.29 is 0 Å². The Bertz CT molecular complexity index is 396. The Kier molecular flexibility index (Phi) is 2.79. The lowest BCUT2D eigenvalue weighted by Gasteiger charge is -2.36. The summed E-state index contributed by atoms with van der Waals surface area (Å²) >= 11 is 8.27. The third-order valence-electron chi connectivity index (χ3n) is 2.19. The number of anilines is 1. The van der Waals surface area contributed by atoms with Gasteiger partial charge in [0.25, 0.3) is 0 Å². The average Bonchev–Trinajstić information content (AvgIpc) is 2.10. The smallest absolute Gasteiger partial charge is 0.148 e. The Hall–Kier alpha value is -0.540. The number of rotatable bonds is 1. The summed E-state index contributed by atoms with van der Waals surface area (Å²) in [6.07, 6.45) is 1.74. The monoisotopic (exact) mass is 319 g/mol. The number of nitrogens with zero attached hydrogens (tertiary/aromatic N) is 3. The third-order valence-corrected chi connectivity index (χ3v) is 3.78. The Balaban J connectivity index is 2.19. The first-order valence-electron chi connectivity index (χ1n) is 4.17. The van der Waals surface area contributed by atoms with E-state index in [1.54, 1.807) is 6.20 Å². The van der Waals surface area contributed by atoms with Crippen molar-refractivity contribution in [1.82, 2.24) is 4.98 Å². The van der Waals surface area contributed by atoms with Crippen LogP contribution in [0.5, 0.6) is 0 Å². The second-order valence-corrected chi connectivity index (χ2v) is 4.70. The van der Waals surface area contributed by atoms with Crippen LogP contribution in [0.25, 0.3) is 0 Å². The zero-order valence-corrected chi connectivity index (χ0v) is 10.2. The molecule has 0 unspecified atom stereocenters. The van der Waals surface area contributed by atoms with Gasteiger partial charge in [-0.1, -0.05) is 11.6 Å². The summed E-state index contributed by atoms with van der Waals surface area (Å²) in [4.78, 5) is 6.24. The van der Waals surface area contributed by atoms with Crippen LogP contribution in [0.1, 0.15) is 0 Å². The molecule has 2 rings (SSSR count). The Morgan fingerprint density at radius 3 is 3.00 bits per heavy atom. The zero-order valence-electron chi connectivity index (χ0n) is 7.24. The molecule has 5 heteroatoms. The summed E-state index contributed by atoms with van der Waals surface area (Å²) in [5, 5.41) is 9.33. The molecule has 1 aliphatic rings. The summed E-state index contributed by atoms with van der Waals surface area (Å²) in [5.74, 6) is 0.927. The fourth-order valence-electron chi connectivity index (χ4n) is 1.36. The van der Waals surface area contributed by atoms with Crippen molar-refractivity contribution in [2.75, 3.05) is 18.0 Å². The summed E-state index contributed by atoms with van der Waals surface area (Å²) in [7, 11) is 0. The van der Waals surface area contributed by atoms with Crippen LogP contribution in [0.4, 0.5) is 5.82 Å². The number of pyridine rings is 1. The van der Waals surface area contributed by atoms with E-state index < -0.39 is 0 Å². The van der Waals surface area contributed by atoms with E-state index in [9.17, 15) is 0 Å². The van der Waals surface area contributed by atoms with Crippen molar-refractivity contribution >= 4 is 40.0 Å². The molecule has 1 fully saturated rings. The molecular formula is C9H7ClIN3. The zero-order chi connectivity index (χ0) is 10.1. The molecule has 0 amide bonds. The van der Waals surface area contributed by atoms with Gasteiger partial charge in [-0.05, 0) is 28.7 Å². The average molecular weight is 320 g/mol. The molecule has 3 nitrogen and oxygen atoms in total. The lowest BCUT2D eigenvalue weighted by Crippen LogP contribution is -2.46. The highest BCUT2D eigenvalue weighted by Crippen LogP contribution is 2.31. The van der Waals surface area contributed by atoms with Crippen LogP contribution in [-0.2, 0) is 0 Å². The number of halogens is 2. The van der Waals surface area contributed by atoms with E-state index in [0.29, 0.717) is 5.02 Å². The first kappa shape index (κ1) is 9.99. The van der Waals surface area contributed by atoms with E-state index in [-0.39, 0.29) is 5.92 Å². The minimum absolute atomic E-state index is 0.130. The first-order valence-corrected chi connectivity index (χ1v) is 5.62. The van der Waals surface area contributed by atoms with Gasteiger partial charge >= 0.3 is 0 Å². The fourth-order valence-corrected chi connectivity index (χ4v) is 2.00. The lowest BCUT2D eigenvalue weighted by atomic mass is 10.0. The van der Waals surface area contributed by atoms with Gasteiger partial charge in [0, 0.05) is 22.9 Å². The van der Waals surface area contributed by atoms with Crippen molar-refractivity contribution in [3.05, 3.63) is 20.9 Å². The van der Waals surface area contributed by atoms with E-state index >= 15 is 0 Å². The van der Waals surface area contributed by atoms with Crippen molar-refractivity contribution in [3.8, 4) is 6.07 Å². The molecule has 1 aliphatic heterocycles. The molecule has 2 heterocycles. The van der Waals surface area contributed by atoms with Crippen molar-refractivity contribution in [2.45, 2.75) is 0 Å². The third kappa shape index (κ3) is 1.66. The van der Waals surface area contributed by atoms with Crippen molar-refractivity contribution in [2.24, 2.45) is 5.92 Å². The van der Waals surface area contributed by atoms with Crippen LogP contribution in [0, 0.1) is 20.8 Å². The lowest BCUT2D eigenvalue weighted by molar-refractivity contribution is 0.499. The molecule has 1 saturated heterocycles. The Morgan fingerprint density at radius 2 is 2.36 bits per heavy atom. The molecule has 0 bridgehead atoms. The number of hydrogen-bond donors (Lipinski definition) is 0. The van der Waals surface area contributed by atoms with Crippen LogP contribution in [0.3, 0.4) is 0 Å². The molecule has 72 valence electrons. The van der Waals surface area contributed by atoms with E-state index in [0.717, 1.165) is 22.5 Å². The topological polar surface area (TPSA) is 39.9 Å². The van der Waals surface area contributed by atoms with Gasteiger partial charge in [0.15, 0.2) is 0 Å². The maximum Gasteiger partial charge on any atom is 0.148 e. The first-order chi connectivity index (χ1) is 6.72. The van der Waals surface area contributed by atoms with Crippen molar-refractivity contribution in [3.63, 3.8) is 0 Å². The molecule has 1 aromatic heterocycles. The second kappa shape index (κ2) is 3.91. The van der Waals surface area contributed by atoms with Gasteiger partial charge in [-0.15, -0.1) is 0 Å². The van der Waals surface area contributed by atoms with E-state index in [1.165, 1.54) is 0 Å². The Labute approximate surface area is 101 Å². The van der Waals surface area contributed by atoms with Crippen LogP contribution >= 0.6 is 34.2 Å². The van der Waals surface area contributed by atoms with Gasteiger partial charge in [0.1, 0.15) is 5.82 Å². The largest absolute Gasteiger partial charge is 0.353 e. The highest BCUT2D eigenvalue weighted by Gasteiger charge is 2.29. The van der Waals surface area contributed by atoms with Crippen LogP contribution < -0.4 is 4.90 Å². The molecular weight excluding hydrogens is 312 g/mol. The summed E-state index contributed by atoms with van der Waals surface area (Å²) in [6.45, 7) is 1.48. The van der Waals surface area contributed by atoms with Gasteiger partial charge in [-0.25, -0.2) is 4.98 Å². The standard InChI is InChI=1S/C9H7ClIN3/c10-8-7(11)1-2-13-9(8)14-4-6(3-12)5-14/h1-2,6H,4-5H2. The maximum absolute atomic E-state index is 8.64. The van der Waals surface area contributed by atoms with Crippen LogP contribution in [0.2, 0.25) is 5.02 Å².